The van der Waals surface area contributed by atoms with E-state index in [1.54, 1.807) is 0 Å². The van der Waals surface area contributed by atoms with Crippen molar-refractivity contribution in [3.05, 3.63) is 0 Å². The van der Waals surface area contributed by atoms with Gasteiger partial charge in [0, 0.05) is 6.04 Å². The summed E-state index contributed by atoms with van der Waals surface area (Å²) in [6, 6.07) is 0.849. The lowest BCUT2D eigenvalue weighted by atomic mass is 10.0. The van der Waals surface area contributed by atoms with Gasteiger partial charge in [-0.1, -0.05) is 39.5 Å². The van der Waals surface area contributed by atoms with Crippen LogP contribution in [0, 0.1) is 5.92 Å². The van der Waals surface area contributed by atoms with Crippen molar-refractivity contribution in [3.63, 3.8) is 0 Å². The van der Waals surface area contributed by atoms with Gasteiger partial charge in [0.2, 0.25) is 0 Å². The van der Waals surface area contributed by atoms with E-state index in [4.69, 9.17) is 0 Å². The van der Waals surface area contributed by atoms with E-state index in [2.05, 4.69) is 19.2 Å². The van der Waals surface area contributed by atoms with Crippen LogP contribution < -0.4 is 5.32 Å². The molecule has 0 radical (unpaired) electrons. The van der Waals surface area contributed by atoms with Crippen LogP contribution in [0.4, 0.5) is 0 Å². The fraction of sp³-hybridized carbons (Fsp3) is 1.00. The van der Waals surface area contributed by atoms with Crippen molar-refractivity contribution in [2.24, 2.45) is 5.92 Å². The first-order valence-electron chi connectivity index (χ1n) is 6.11. The zero-order valence-corrected chi connectivity index (χ0v) is 9.31. The fourth-order valence-electron chi connectivity index (χ4n) is 2.46. The predicted molar refractivity (Wildman–Crippen MR) is 58.9 cm³/mol. The Kier molecular flexibility index (Phi) is 5.45. The van der Waals surface area contributed by atoms with Gasteiger partial charge in [-0.3, -0.25) is 0 Å². The van der Waals surface area contributed by atoms with Crippen LogP contribution in [0.15, 0.2) is 0 Å². The minimum Gasteiger partial charge on any atom is -0.314 e. The molecule has 0 saturated heterocycles. The molecule has 1 N–H and O–H groups in total. The van der Waals surface area contributed by atoms with Crippen LogP contribution >= 0.6 is 0 Å². The summed E-state index contributed by atoms with van der Waals surface area (Å²) in [5, 5.41) is 3.72. The molecular formula is C12H25N. The van der Waals surface area contributed by atoms with Crippen LogP contribution in [0.5, 0.6) is 0 Å². The minimum atomic E-state index is 0.849. The molecule has 1 aliphatic rings. The summed E-state index contributed by atoms with van der Waals surface area (Å²) in [6.45, 7) is 5.84. The van der Waals surface area contributed by atoms with Gasteiger partial charge >= 0.3 is 0 Å². The van der Waals surface area contributed by atoms with Crippen molar-refractivity contribution in [1.82, 2.24) is 5.32 Å². The topological polar surface area (TPSA) is 12.0 Å². The maximum Gasteiger partial charge on any atom is 0.00952 e. The number of hydrogen-bond donors (Lipinski definition) is 1. The summed E-state index contributed by atoms with van der Waals surface area (Å²) in [7, 11) is 0. The van der Waals surface area contributed by atoms with Crippen molar-refractivity contribution < 1.29 is 0 Å². The van der Waals surface area contributed by atoms with Crippen molar-refractivity contribution in [2.45, 2.75) is 64.8 Å². The molecule has 1 heteroatoms. The standard InChI is InChI=1S/C12H25N/c1-3-5-6-10-13-12-9-7-8-11(12)4-2/h11-13H,3-10H2,1-2H3. The van der Waals surface area contributed by atoms with Crippen molar-refractivity contribution >= 4 is 0 Å². The highest BCUT2D eigenvalue weighted by Gasteiger charge is 2.24. The van der Waals surface area contributed by atoms with E-state index in [-0.39, 0.29) is 0 Å². The average Bonchev–Trinajstić information content (AvgIpc) is 2.60. The monoisotopic (exact) mass is 183 g/mol. The molecule has 0 aromatic carbocycles. The third-order valence-electron chi connectivity index (χ3n) is 3.37. The Balaban J connectivity index is 2.06. The van der Waals surface area contributed by atoms with Gasteiger partial charge in [0.15, 0.2) is 0 Å². The predicted octanol–water partition coefficient (Wildman–Crippen LogP) is 3.34. The normalized spacial score (nSPS) is 28.2. The first kappa shape index (κ1) is 11.0. The minimum absolute atomic E-state index is 0.849. The zero-order valence-electron chi connectivity index (χ0n) is 9.31. The lowest BCUT2D eigenvalue weighted by Gasteiger charge is -2.19. The molecular weight excluding hydrogens is 158 g/mol. The van der Waals surface area contributed by atoms with Gasteiger partial charge in [-0.25, -0.2) is 0 Å². The summed E-state index contributed by atoms with van der Waals surface area (Å²) in [5.41, 5.74) is 0. The summed E-state index contributed by atoms with van der Waals surface area (Å²) in [5.74, 6) is 0.974. The van der Waals surface area contributed by atoms with Gasteiger partial charge in [0.25, 0.3) is 0 Å². The van der Waals surface area contributed by atoms with E-state index >= 15 is 0 Å². The van der Waals surface area contributed by atoms with Gasteiger partial charge in [-0.15, -0.1) is 0 Å². The smallest absolute Gasteiger partial charge is 0.00952 e. The molecule has 1 rings (SSSR count). The number of hydrogen-bond acceptors (Lipinski definition) is 1. The number of unbranched alkanes of at least 4 members (excludes halogenated alkanes) is 2. The van der Waals surface area contributed by atoms with E-state index in [0.29, 0.717) is 0 Å². The van der Waals surface area contributed by atoms with E-state index < -0.39 is 0 Å². The van der Waals surface area contributed by atoms with Crippen LogP contribution in [0.1, 0.15) is 58.8 Å². The van der Waals surface area contributed by atoms with Gasteiger partial charge in [0.1, 0.15) is 0 Å². The first-order valence-corrected chi connectivity index (χ1v) is 6.11. The van der Waals surface area contributed by atoms with Gasteiger partial charge in [-0.05, 0) is 31.7 Å². The van der Waals surface area contributed by atoms with Crippen molar-refractivity contribution in [1.29, 1.82) is 0 Å². The van der Waals surface area contributed by atoms with E-state index in [0.717, 1.165) is 12.0 Å². The van der Waals surface area contributed by atoms with Crippen LogP contribution in [0.25, 0.3) is 0 Å². The van der Waals surface area contributed by atoms with Gasteiger partial charge < -0.3 is 5.32 Å². The van der Waals surface area contributed by atoms with E-state index in [1.807, 2.05) is 0 Å². The third kappa shape index (κ3) is 3.68. The van der Waals surface area contributed by atoms with Crippen LogP contribution in [-0.2, 0) is 0 Å². The second-order valence-corrected chi connectivity index (χ2v) is 4.37. The van der Waals surface area contributed by atoms with Gasteiger partial charge in [0.05, 0.1) is 0 Å². The lowest BCUT2D eigenvalue weighted by Crippen LogP contribution is -2.32. The molecule has 0 amide bonds. The molecule has 0 aliphatic heterocycles. The molecule has 1 aliphatic carbocycles. The van der Waals surface area contributed by atoms with Gasteiger partial charge in [-0.2, -0.15) is 0 Å². The van der Waals surface area contributed by atoms with Crippen molar-refractivity contribution in [2.75, 3.05) is 6.54 Å². The second-order valence-electron chi connectivity index (χ2n) is 4.37. The Bertz CT molecular complexity index is 122. The Labute approximate surface area is 83.3 Å². The largest absolute Gasteiger partial charge is 0.314 e. The highest BCUT2D eigenvalue weighted by Crippen LogP contribution is 2.27. The van der Waals surface area contributed by atoms with Crippen molar-refractivity contribution in [3.8, 4) is 0 Å². The maximum absolute atomic E-state index is 3.72. The second kappa shape index (κ2) is 6.42. The lowest BCUT2D eigenvalue weighted by molar-refractivity contribution is 0.387. The Morgan fingerprint density at radius 1 is 1.15 bits per heavy atom. The Morgan fingerprint density at radius 2 is 2.00 bits per heavy atom. The highest BCUT2D eigenvalue weighted by molar-refractivity contribution is 4.81. The van der Waals surface area contributed by atoms with Crippen LogP contribution in [0.2, 0.25) is 0 Å². The molecule has 1 fully saturated rings. The molecule has 2 unspecified atom stereocenters. The molecule has 78 valence electrons. The Morgan fingerprint density at radius 3 is 2.69 bits per heavy atom. The van der Waals surface area contributed by atoms with Crippen LogP contribution in [0.3, 0.4) is 0 Å². The zero-order chi connectivity index (χ0) is 9.52. The SMILES string of the molecule is CCCCCNC1CCCC1CC. The Hall–Kier alpha value is -0.0400. The molecule has 0 aromatic rings. The molecule has 0 aromatic heterocycles. The number of rotatable bonds is 6. The van der Waals surface area contributed by atoms with Crippen LogP contribution in [-0.4, -0.2) is 12.6 Å². The molecule has 1 saturated carbocycles. The van der Waals surface area contributed by atoms with E-state index in [1.165, 1.54) is 51.5 Å². The molecule has 0 bridgehead atoms. The summed E-state index contributed by atoms with van der Waals surface area (Å²) in [6.07, 6.45) is 9.78. The fourth-order valence-corrected chi connectivity index (χ4v) is 2.46. The molecule has 1 nitrogen and oxygen atoms in total. The summed E-state index contributed by atoms with van der Waals surface area (Å²) in [4.78, 5) is 0. The third-order valence-corrected chi connectivity index (χ3v) is 3.37. The quantitative estimate of drug-likeness (QED) is 0.623. The highest BCUT2D eigenvalue weighted by atomic mass is 14.9. The molecule has 13 heavy (non-hydrogen) atoms. The first-order chi connectivity index (χ1) is 6.38. The number of nitrogens with one attached hydrogen (secondary N) is 1. The van der Waals surface area contributed by atoms with E-state index in [9.17, 15) is 0 Å². The molecule has 2 atom stereocenters. The molecule has 0 heterocycles. The maximum atomic E-state index is 3.72. The summed E-state index contributed by atoms with van der Waals surface area (Å²) >= 11 is 0. The summed E-state index contributed by atoms with van der Waals surface area (Å²) < 4.78 is 0. The average molecular weight is 183 g/mol. The molecule has 0 spiro atoms.